The summed E-state index contributed by atoms with van der Waals surface area (Å²) in [6, 6.07) is 3.10. The van der Waals surface area contributed by atoms with E-state index in [0.29, 0.717) is 17.3 Å². The van der Waals surface area contributed by atoms with Gasteiger partial charge in [0.2, 0.25) is 0 Å². The smallest absolute Gasteiger partial charge is 0.193 e. The quantitative estimate of drug-likeness (QED) is 0.780. The van der Waals surface area contributed by atoms with Crippen LogP contribution in [0.4, 0.5) is 0 Å². The van der Waals surface area contributed by atoms with Gasteiger partial charge in [0.25, 0.3) is 0 Å². The second-order valence-corrected chi connectivity index (χ2v) is 3.65. The number of rotatable bonds is 2. The molecule has 0 radical (unpaired) electrons. The third kappa shape index (κ3) is 1.71. The van der Waals surface area contributed by atoms with Crippen LogP contribution in [0, 0.1) is 0 Å². The molecule has 5 heteroatoms. The molecule has 0 fully saturated rings. The van der Waals surface area contributed by atoms with Gasteiger partial charge in [-0.3, -0.25) is 4.79 Å². The Morgan fingerprint density at radius 3 is 2.94 bits per heavy atom. The number of nitrogens with zero attached hydrogens (tertiary/aromatic N) is 1. The molecule has 1 aliphatic heterocycles. The van der Waals surface area contributed by atoms with Crippen LogP contribution >= 0.6 is 0 Å². The van der Waals surface area contributed by atoms with Gasteiger partial charge < -0.3 is 15.5 Å². The van der Waals surface area contributed by atoms with E-state index in [1.807, 2.05) is 0 Å². The lowest BCUT2D eigenvalue weighted by Crippen LogP contribution is -2.36. The van der Waals surface area contributed by atoms with Crippen molar-refractivity contribution in [3.63, 3.8) is 0 Å². The summed E-state index contributed by atoms with van der Waals surface area (Å²) in [7, 11) is 0. The monoisotopic (exact) mass is 219 g/mol. The van der Waals surface area contributed by atoms with Crippen LogP contribution in [0.2, 0.25) is 0 Å². The number of hydrogen-bond acceptors (Lipinski definition) is 5. The summed E-state index contributed by atoms with van der Waals surface area (Å²) in [4.78, 5) is 15.8. The number of hydrogen-bond donors (Lipinski definition) is 2. The summed E-state index contributed by atoms with van der Waals surface area (Å²) in [5.41, 5.74) is 6.95. The van der Waals surface area contributed by atoms with E-state index in [9.17, 15) is 4.79 Å². The molecule has 0 aromatic carbocycles. The molecule has 1 atom stereocenters. The van der Waals surface area contributed by atoms with Crippen molar-refractivity contribution in [3.05, 3.63) is 35.4 Å². The van der Waals surface area contributed by atoms with Crippen molar-refractivity contribution in [1.29, 1.82) is 0 Å². The maximum Gasteiger partial charge on any atom is 0.193 e. The third-order valence-electron chi connectivity index (χ3n) is 2.45. The Morgan fingerprint density at radius 1 is 1.62 bits per heavy atom. The van der Waals surface area contributed by atoms with Crippen LogP contribution in [-0.4, -0.2) is 11.7 Å². The molecule has 5 nitrogen and oxygen atoms in total. The minimum Gasteiger partial charge on any atom is -0.467 e. The second kappa shape index (κ2) is 3.84. The number of aliphatic imine (C=N–C) groups is 1. The van der Waals surface area contributed by atoms with Gasteiger partial charge in [0, 0.05) is 11.3 Å². The number of furan rings is 1. The van der Waals surface area contributed by atoms with E-state index in [-0.39, 0.29) is 5.78 Å². The van der Waals surface area contributed by atoms with E-state index >= 15 is 0 Å². The lowest BCUT2D eigenvalue weighted by Gasteiger charge is -2.22. The first-order valence-electron chi connectivity index (χ1n) is 4.95. The molecule has 1 aromatic heterocycles. The Hall–Kier alpha value is -2.04. The number of allylic oxidation sites excluding steroid dienone is 1. The van der Waals surface area contributed by atoms with Gasteiger partial charge >= 0.3 is 0 Å². The highest BCUT2D eigenvalue weighted by Gasteiger charge is 2.27. The highest BCUT2D eigenvalue weighted by atomic mass is 16.3. The summed E-state index contributed by atoms with van der Waals surface area (Å²) in [6.45, 7) is 3.31. The van der Waals surface area contributed by atoms with Gasteiger partial charge in [0.1, 0.15) is 11.8 Å². The second-order valence-electron chi connectivity index (χ2n) is 3.65. The van der Waals surface area contributed by atoms with Crippen molar-refractivity contribution in [1.82, 2.24) is 5.32 Å². The average molecular weight is 219 g/mol. The SMILES string of the molecule is CC(=O)C1=C(C)NC(N)=N[C@@H]1c1ccco1. The van der Waals surface area contributed by atoms with Crippen LogP contribution in [0.25, 0.3) is 0 Å². The lowest BCUT2D eigenvalue weighted by atomic mass is 9.98. The first kappa shape index (κ1) is 10.5. The number of Topliss-reactive ketones (excluding diaryl/α,β-unsaturated/α-hetero) is 1. The first-order chi connectivity index (χ1) is 7.59. The van der Waals surface area contributed by atoms with E-state index in [0.717, 1.165) is 5.70 Å². The topological polar surface area (TPSA) is 80.6 Å². The van der Waals surface area contributed by atoms with Gasteiger partial charge in [-0.1, -0.05) is 0 Å². The van der Waals surface area contributed by atoms with Crippen LogP contribution in [-0.2, 0) is 4.79 Å². The largest absolute Gasteiger partial charge is 0.467 e. The Labute approximate surface area is 93.0 Å². The normalized spacial score (nSPS) is 20.4. The van der Waals surface area contributed by atoms with Crippen LogP contribution in [0.15, 0.2) is 39.1 Å². The highest BCUT2D eigenvalue weighted by molar-refractivity contribution is 5.98. The summed E-state index contributed by atoms with van der Waals surface area (Å²) in [6.07, 6.45) is 1.55. The molecule has 2 heterocycles. The summed E-state index contributed by atoms with van der Waals surface area (Å²) >= 11 is 0. The number of carbonyl (C=O) groups is 1. The molecule has 0 saturated heterocycles. The molecule has 1 aliphatic rings. The van der Waals surface area contributed by atoms with E-state index in [1.165, 1.54) is 6.92 Å². The minimum atomic E-state index is -0.436. The molecular weight excluding hydrogens is 206 g/mol. The van der Waals surface area contributed by atoms with E-state index in [1.54, 1.807) is 25.3 Å². The van der Waals surface area contributed by atoms with E-state index in [2.05, 4.69) is 10.3 Å². The molecule has 0 amide bonds. The molecular formula is C11H13N3O2. The zero-order valence-corrected chi connectivity index (χ0v) is 9.15. The predicted molar refractivity (Wildman–Crippen MR) is 59.6 cm³/mol. The maximum absolute atomic E-state index is 11.6. The molecule has 16 heavy (non-hydrogen) atoms. The minimum absolute atomic E-state index is 0.0392. The maximum atomic E-state index is 11.6. The van der Waals surface area contributed by atoms with Gasteiger partial charge in [0.15, 0.2) is 11.7 Å². The summed E-state index contributed by atoms with van der Waals surface area (Å²) < 4.78 is 5.27. The molecule has 3 N–H and O–H groups in total. The van der Waals surface area contributed by atoms with Crippen molar-refractivity contribution in [2.45, 2.75) is 19.9 Å². The highest BCUT2D eigenvalue weighted by Crippen LogP contribution is 2.30. The summed E-state index contributed by atoms with van der Waals surface area (Å²) in [5, 5.41) is 2.85. The standard InChI is InChI=1S/C11H13N3O2/c1-6-9(7(2)15)10(14-11(12)13-6)8-4-3-5-16-8/h3-5,10H,1-2H3,(H3,12,13,14)/t10-/m1/s1. The zero-order chi connectivity index (χ0) is 11.7. The van der Waals surface area contributed by atoms with Crippen LogP contribution in [0.3, 0.4) is 0 Å². The van der Waals surface area contributed by atoms with Crippen LogP contribution < -0.4 is 11.1 Å². The fourth-order valence-electron chi connectivity index (χ4n) is 1.81. The fraction of sp³-hybridized carbons (Fsp3) is 0.273. The van der Waals surface area contributed by atoms with E-state index < -0.39 is 6.04 Å². The lowest BCUT2D eigenvalue weighted by molar-refractivity contribution is -0.114. The van der Waals surface area contributed by atoms with Crippen molar-refractivity contribution in [2.75, 3.05) is 0 Å². The molecule has 1 aromatic rings. The molecule has 0 spiro atoms. The summed E-state index contributed by atoms with van der Waals surface area (Å²) in [5.74, 6) is 0.876. The Bertz CT molecular complexity index is 471. The van der Waals surface area contributed by atoms with Crippen LogP contribution in [0.1, 0.15) is 25.6 Å². The number of guanidine groups is 1. The van der Waals surface area contributed by atoms with Gasteiger partial charge in [0.05, 0.1) is 6.26 Å². The van der Waals surface area contributed by atoms with Gasteiger partial charge in [-0.25, -0.2) is 4.99 Å². The molecule has 84 valence electrons. The van der Waals surface area contributed by atoms with Crippen molar-refractivity contribution < 1.29 is 9.21 Å². The van der Waals surface area contributed by atoms with E-state index in [4.69, 9.17) is 10.2 Å². The van der Waals surface area contributed by atoms with Gasteiger partial charge in [-0.15, -0.1) is 0 Å². The number of nitrogens with two attached hydrogens (primary N) is 1. The first-order valence-corrected chi connectivity index (χ1v) is 4.95. The number of nitrogens with one attached hydrogen (secondary N) is 1. The molecule has 2 rings (SSSR count). The van der Waals surface area contributed by atoms with Crippen molar-refractivity contribution in [2.24, 2.45) is 10.7 Å². The van der Waals surface area contributed by atoms with Gasteiger partial charge in [-0.05, 0) is 26.0 Å². The van der Waals surface area contributed by atoms with Crippen LogP contribution in [0.5, 0.6) is 0 Å². The Balaban J connectivity index is 2.47. The Kier molecular flexibility index (Phi) is 2.52. The molecule has 0 bridgehead atoms. The molecule has 0 saturated carbocycles. The van der Waals surface area contributed by atoms with Crippen molar-refractivity contribution >= 4 is 11.7 Å². The Morgan fingerprint density at radius 2 is 2.38 bits per heavy atom. The average Bonchev–Trinajstić information content (AvgIpc) is 2.67. The number of carbonyl (C=O) groups excluding carboxylic acids is 1. The number of ketones is 1. The molecule has 0 unspecified atom stereocenters. The molecule has 0 aliphatic carbocycles. The van der Waals surface area contributed by atoms with Gasteiger partial charge in [-0.2, -0.15) is 0 Å². The fourth-order valence-corrected chi connectivity index (χ4v) is 1.81. The van der Waals surface area contributed by atoms with Crippen molar-refractivity contribution in [3.8, 4) is 0 Å². The predicted octanol–water partition coefficient (Wildman–Crippen LogP) is 1.10. The third-order valence-corrected chi connectivity index (χ3v) is 2.45. The zero-order valence-electron chi connectivity index (χ0n) is 9.15.